The second-order valence-corrected chi connectivity index (χ2v) is 5.20. The molecule has 2 rings (SSSR count). The van der Waals surface area contributed by atoms with Gasteiger partial charge in [0.25, 0.3) is 5.91 Å². The van der Waals surface area contributed by atoms with E-state index in [0.29, 0.717) is 13.1 Å². The largest absolute Gasteiger partial charge is 0.337 e. The predicted octanol–water partition coefficient (Wildman–Crippen LogP) is 2.49. The first kappa shape index (κ1) is 14.9. The van der Waals surface area contributed by atoms with Gasteiger partial charge in [0, 0.05) is 19.1 Å². The summed E-state index contributed by atoms with van der Waals surface area (Å²) in [6.45, 7) is 5.40. The molecule has 1 saturated heterocycles. The smallest absolute Gasteiger partial charge is 0.259 e. The van der Waals surface area contributed by atoms with Crippen LogP contribution >= 0.6 is 0 Å². The van der Waals surface area contributed by atoms with Gasteiger partial charge >= 0.3 is 0 Å². The number of amides is 1. The number of halogens is 2. The Hall–Kier alpha value is -1.49. The first-order chi connectivity index (χ1) is 9.54. The number of likely N-dealkylation sites (N-methyl/N-ethyl adjacent to an activating group) is 1. The van der Waals surface area contributed by atoms with Crippen LogP contribution in [0.2, 0.25) is 0 Å². The quantitative estimate of drug-likeness (QED) is 0.924. The normalized spacial score (nSPS) is 19.2. The van der Waals surface area contributed by atoms with Crippen LogP contribution in [0.5, 0.6) is 0 Å². The zero-order chi connectivity index (χ0) is 14.7. The van der Waals surface area contributed by atoms with Gasteiger partial charge in [-0.15, -0.1) is 0 Å². The molecular formula is C15H20F2N2O. The van der Waals surface area contributed by atoms with Crippen molar-refractivity contribution in [2.24, 2.45) is 0 Å². The standard InChI is InChI=1S/C15H20F2N2O/c1-3-18-11-5-4-8-19(9-11)15(20)13-12(16)7-6-10(2)14(13)17/h6-7,11,18H,3-5,8-9H2,1-2H3. The number of carbonyl (C=O) groups excluding carboxylic acids is 1. The van der Waals surface area contributed by atoms with Gasteiger partial charge in [-0.1, -0.05) is 13.0 Å². The van der Waals surface area contributed by atoms with E-state index in [-0.39, 0.29) is 11.6 Å². The Kier molecular flexibility index (Phi) is 4.70. The van der Waals surface area contributed by atoms with Crippen molar-refractivity contribution < 1.29 is 13.6 Å². The molecule has 1 fully saturated rings. The van der Waals surface area contributed by atoms with Crippen LogP contribution in [0.25, 0.3) is 0 Å². The third-order valence-electron chi connectivity index (χ3n) is 3.70. The lowest BCUT2D eigenvalue weighted by atomic mass is 10.0. The number of rotatable bonds is 3. The van der Waals surface area contributed by atoms with Gasteiger partial charge in [0.15, 0.2) is 0 Å². The second kappa shape index (κ2) is 6.31. The van der Waals surface area contributed by atoms with Gasteiger partial charge in [-0.05, 0) is 37.9 Å². The molecule has 3 nitrogen and oxygen atoms in total. The topological polar surface area (TPSA) is 32.3 Å². The molecule has 1 amide bonds. The van der Waals surface area contributed by atoms with E-state index in [2.05, 4.69) is 5.32 Å². The Morgan fingerprint density at radius 2 is 2.20 bits per heavy atom. The molecule has 110 valence electrons. The molecule has 20 heavy (non-hydrogen) atoms. The van der Waals surface area contributed by atoms with Crippen molar-refractivity contribution in [3.63, 3.8) is 0 Å². The predicted molar refractivity (Wildman–Crippen MR) is 73.7 cm³/mol. The minimum atomic E-state index is -0.788. The summed E-state index contributed by atoms with van der Waals surface area (Å²) < 4.78 is 27.8. The average Bonchev–Trinajstić information content (AvgIpc) is 2.44. The molecule has 1 aliphatic heterocycles. The Bertz CT molecular complexity index is 503. The van der Waals surface area contributed by atoms with Crippen LogP contribution in [-0.4, -0.2) is 36.5 Å². The minimum absolute atomic E-state index is 0.202. The molecule has 1 atom stereocenters. The summed E-state index contributed by atoms with van der Waals surface area (Å²) in [5.41, 5.74) is -0.142. The number of nitrogens with one attached hydrogen (secondary N) is 1. The van der Waals surface area contributed by atoms with E-state index in [0.717, 1.165) is 25.5 Å². The number of piperidine rings is 1. The number of hydrogen-bond acceptors (Lipinski definition) is 2. The molecule has 0 aliphatic carbocycles. The van der Waals surface area contributed by atoms with Gasteiger partial charge in [0.2, 0.25) is 0 Å². The fraction of sp³-hybridized carbons (Fsp3) is 0.533. The van der Waals surface area contributed by atoms with E-state index in [9.17, 15) is 13.6 Å². The van der Waals surface area contributed by atoms with Gasteiger partial charge in [-0.3, -0.25) is 4.79 Å². The fourth-order valence-electron chi connectivity index (χ4n) is 2.63. The Balaban J connectivity index is 2.21. The van der Waals surface area contributed by atoms with E-state index in [1.807, 2.05) is 6.92 Å². The molecule has 5 heteroatoms. The number of likely N-dealkylation sites (tertiary alicyclic amines) is 1. The molecule has 1 N–H and O–H groups in total. The molecule has 1 heterocycles. The number of nitrogens with zero attached hydrogens (tertiary/aromatic N) is 1. The van der Waals surface area contributed by atoms with Crippen LogP contribution in [0.3, 0.4) is 0 Å². The number of aryl methyl sites for hydroxylation is 1. The van der Waals surface area contributed by atoms with Crippen molar-refractivity contribution in [2.75, 3.05) is 19.6 Å². The summed E-state index contributed by atoms with van der Waals surface area (Å²) in [6.07, 6.45) is 1.83. The Morgan fingerprint density at radius 1 is 1.45 bits per heavy atom. The third-order valence-corrected chi connectivity index (χ3v) is 3.70. The zero-order valence-corrected chi connectivity index (χ0v) is 11.9. The lowest BCUT2D eigenvalue weighted by Gasteiger charge is -2.33. The molecular weight excluding hydrogens is 262 g/mol. The van der Waals surface area contributed by atoms with Gasteiger partial charge in [-0.2, -0.15) is 0 Å². The molecule has 1 aromatic carbocycles. The van der Waals surface area contributed by atoms with Crippen LogP contribution in [0.15, 0.2) is 12.1 Å². The molecule has 0 radical (unpaired) electrons. The SMILES string of the molecule is CCNC1CCCN(C(=O)c2c(F)ccc(C)c2F)C1. The van der Waals surface area contributed by atoms with Gasteiger partial charge in [0.05, 0.1) is 0 Å². The molecule has 0 spiro atoms. The molecule has 1 aromatic rings. The van der Waals surface area contributed by atoms with Gasteiger partial charge < -0.3 is 10.2 Å². The summed E-state index contributed by atoms with van der Waals surface area (Å²) >= 11 is 0. The minimum Gasteiger partial charge on any atom is -0.337 e. The Labute approximate surface area is 118 Å². The van der Waals surface area contributed by atoms with Crippen LogP contribution in [0.1, 0.15) is 35.7 Å². The summed E-state index contributed by atoms with van der Waals surface area (Å²) in [5, 5.41) is 3.28. The van der Waals surface area contributed by atoms with Crippen molar-refractivity contribution >= 4 is 5.91 Å². The van der Waals surface area contributed by atoms with E-state index in [1.165, 1.54) is 17.9 Å². The monoisotopic (exact) mass is 282 g/mol. The third kappa shape index (κ3) is 2.98. The van der Waals surface area contributed by atoms with Gasteiger partial charge in [-0.25, -0.2) is 8.78 Å². The van der Waals surface area contributed by atoms with Crippen LogP contribution < -0.4 is 5.32 Å². The summed E-state index contributed by atoms with van der Waals surface area (Å²) in [5.74, 6) is -2.09. The highest BCUT2D eigenvalue weighted by atomic mass is 19.1. The number of hydrogen-bond donors (Lipinski definition) is 1. The van der Waals surface area contributed by atoms with Crippen molar-refractivity contribution in [1.29, 1.82) is 0 Å². The van der Waals surface area contributed by atoms with Crippen molar-refractivity contribution in [3.8, 4) is 0 Å². The lowest BCUT2D eigenvalue weighted by molar-refractivity contribution is 0.0685. The Morgan fingerprint density at radius 3 is 2.90 bits per heavy atom. The number of benzene rings is 1. The maximum Gasteiger partial charge on any atom is 0.259 e. The summed E-state index contributed by atoms with van der Waals surface area (Å²) in [4.78, 5) is 13.9. The van der Waals surface area contributed by atoms with Crippen LogP contribution in [0, 0.1) is 18.6 Å². The maximum atomic E-state index is 14.0. The first-order valence-electron chi connectivity index (χ1n) is 7.01. The molecule has 1 unspecified atom stereocenters. The van der Waals surface area contributed by atoms with Crippen LogP contribution in [-0.2, 0) is 0 Å². The lowest BCUT2D eigenvalue weighted by Crippen LogP contribution is -2.48. The molecule has 0 saturated carbocycles. The highest BCUT2D eigenvalue weighted by molar-refractivity contribution is 5.95. The molecule has 0 aromatic heterocycles. The number of carbonyl (C=O) groups is 1. The van der Waals surface area contributed by atoms with E-state index in [1.54, 1.807) is 0 Å². The van der Waals surface area contributed by atoms with E-state index in [4.69, 9.17) is 0 Å². The maximum absolute atomic E-state index is 14.0. The first-order valence-corrected chi connectivity index (χ1v) is 7.01. The zero-order valence-electron chi connectivity index (χ0n) is 11.9. The average molecular weight is 282 g/mol. The van der Waals surface area contributed by atoms with Crippen molar-refractivity contribution in [3.05, 3.63) is 34.9 Å². The van der Waals surface area contributed by atoms with E-state index < -0.39 is 23.1 Å². The fourth-order valence-corrected chi connectivity index (χ4v) is 2.63. The second-order valence-electron chi connectivity index (χ2n) is 5.20. The summed E-state index contributed by atoms with van der Waals surface area (Å²) in [7, 11) is 0. The molecule has 1 aliphatic rings. The molecule has 0 bridgehead atoms. The summed E-state index contributed by atoms with van der Waals surface area (Å²) in [6, 6.07) is 2.70. The highest BCUT2D eigenvalue weighted by Crippen LogP contribution is 2.20. The van der Waals surface area contributed by atoms with Crippen molar-refractivity contribution in [1.82, 2.24) is 10.2 Å². The van der Waals surface area contributed by atoms with Crippen molar-refractivity contribution in [2.45, 2.75) is 32.7 Å². The van der Waals surface area contributed by atoms with Gasteiger partial charge in [0.1, 0.15) is 17.2 Å². The highest BCUT2D eigenvalue weighted by Gasteiger charge is 2.28. The van der Waals surface area contributed by atoms with Crippen LogP contribution in [0.4, 0.5) is 8.78 Å². The van der Waals surface area contributed by atoms with E-state index >= 15 is 0 Å².